The van der Waals surface area contributed by atoms with E-state index >= 15 is 0 Å². The summed E-state index contributed by atoms with van der Waals surface area (Å²) in [4.78, 5) is 35.2. The van der Waals surface area contributed by atoms with E-state index in [1.54, 1.807) is 11.1 Å². The van der Waals surface area contributed by atoms with Gasteiger partial charge in [-0.3, -0.25) is 9.59 Å². The molecule has 2 aliphatic heterocycles. The normalized spacial score (nSPS) is 18.7. The van der Waals surface area contributed by atoms with Gasteiger partial charge in [-0.2, -0.15) is 0 Å². The highest BCUT2D eigenvalue weighted by Gasteiger charge is 2.32. The van der Waals surface area contributed by atoms with Crippen LogP contribution in [0.5, 0.6) is 5.75 Å². The Bertz CT molecular complexity index is 925. The van der Waals surface area contributed by atoms with Gasteiger partial charge in [0.05, 0.1) is 11.4 Å². The van der Waals surface area contributed by atoms with Crippen molar-refractivity contribution in [1.29, 1.82) is 0 Å². The number of amides is 2. The Labute approximate surface area is 157 Å². The Hall–Kier alpha value is -2.96. The second kappa shape index (κ2) is 6.64. The molecule has 1 unspecified atom stereocenters. The summed E-state index contributed by atoms with van der Waals surface area (Å²) < 4.78 is 5.59. The number of anilines is 2. The number of aromatic nitrogens is 2. The molecule has 2 aromatic rings. The van der Waals surface area contributed by atoms with Crippen LogP contribution in [0.15, 0.2) is 24.4 Å². The van der Waals surface area contributed by atoms with Crippen molar-refractivity contribution in [3.8, 4) is 5.75 Å². The average Bonchev–Trinajstić information content (AvgIpc) is 2.66. The zero-order valence-electron chi connectivity index (χ0n) is 15.7. The number of carbonyl (C=O) groups excluding carboxylic acids is 2. The minimum atomic E-state index is -0.185. The molecule has 0 aliphatic carbocycles. The van der Waals surface area contributed by atoms with E-state index in [0.29, 0.717) is 24.4 Å². The lowest BCUT2D eigenvalue weighted by Gasteiger charge is -2.32. The third-order valence-electron chi connectivity index (χ3n) is 5.00. The third-order valence-corrected chi connectivity index (χ3v) is 5.00. The fraction of sp³-hybridized carbons (Fsp3) is 0.400. The number of carbonyl (C=O) groups is 2. The van der Waals surface area contributed by atoms with Gasteiger partial charge >= 0.3 is 0 Å². The van der Waals surface area contributed by atoms with E-state index in [2.05, 4.69) is 10.3 Å². The molecule has 0 spiro atoms. The molecule has 0 saturated carbocycles. The van der Waals surface area contributed by atoms with Gasteiger partial charge in [0.2, 0.25) is 5.91 Å². The van der Waals surface area contributed by atoms with Gasteiger partial charge in [0.25, 0.3) is 5.91 Å². The predicted molar refractivity (Wildman–Crippen MR) is 101 cm³/mol. The van der Waals surface area contributed by atoms with Gasteiger partial charge < -0.3 is 15.0 Å². The first kappa shape index (κ1) is 17.5. The summed E-state index contributed by atoms with van der Waals surface area (Å²) >= 11 is 0. The number of rotatable bonds is 3. The number of likely N-dealkylation sites (N-methyl/N-ethyl adjacent to an activating group) is 1. The molecule has 27 heavy (non-hydrogen) atoms. The summed E-state index contributed by atoms with van der Waals surface area (Å²) in [5.41, 5.74) is 3.21. The first-order valence-corrected chi connectivity index (χ1v) is 9.21. The van der Waals surface area contributed by atoms with Crippen LogP contribution in [-0.4, -0.2) is 34.9 Å². The van der Waals surface area contributed by atoms with E-state index in [0.717, 1.165) is 22.8 Å². The largest absolute Gasteiger partial charge is 0.481 e. The number of ether oxygens (including phenoxy) is 1. The van der Waals surface area contributed by atoms with Crippen LogP contribution in [0.4, 0.5) is 11.4 Å². The lowest BCUT2D eigenvalue weighted by molar-refractivity contribution is -0.121. The van der Waals surface area contributed by atoms with Gasteiger partial charge in [-0.15, -0.1) is 0 Å². The number of nitrogens with zero attached hydrogens (tertiary/aromatic N) is 3. The molecule has 0 radical (unpaired) electrons. The van der Waals surface area contributed by atoms with Crippen LogP contribution < -0.4 is 15.0 Å². The minimum Gasteiger partial charge on any atom is -0.481 e. The van der Waals surface area contributed by atoms with E-state index in [4.69, 9.17) is 9.72 Å². The van der Waals surface area contributed by atoms with Crippen molar-refractivity contribution in [2.24, 2.45) is 0 Å². The number of hydrogen-bond acceptors (Lipinski definition) is 5. The van der Waals surface area contributed by atoms with Crippen LogP contribution in [0, 0.1) is 0 Å². The molecule has 4 rings (SSSR count). The summed E-state index contributed by atoms with van der Waals surface area (Å²) in [7, 11) is 0. The highest BCUT2D eigenvalue weighted by molar-refractivity contribution is 6.01. The van der Waals surface area contributed by atoms with E-state index in [1.807, 2.05) is 39.0 Å². The monoisotopic (exact) mass is 366 g/mol. The summed E-state index contributed by atoms with van der Waals surface area (Å²) in [6, 6.07) is 5.62. The summed E-state index contributed by atoms with van der Waals surface area (Å²) in [6.45, 7) is 6.60. The van der Waals surface area contributed by atoms with E-state index in [9.17, 15) is 9.59 Å². The predicted octanol–water partition coefficient (Wildman–Crippen LogP) is 2.82. The van der Waals surface area contributed by atoms with Crippen LogP contribution >= 0.6 is 0 Å². The van der Waals surface area contributed by atoms with Crippen LogP contribution in [0.2, 0.25) is 0 Å². The van der Waals surface area contributed by atoms with Crippen molar-refractivity contribution in [3.05, 3.63) is 41.5 Å². The van der Waals surface area contributed by atoms with Gasteiger partial charge in [-0.05, 0) is 24.6 Å². The van der Waals surface area contributed by atoms with Gasteiger partial charge in [0.1, 0.15) is 11.6 Å². The summed E-state index contributed by atoms with van der Waals surface area (Å²) in [6.07, 6.45) is 2.05. The lowest BCUT2D eigenvalue weighted by atomic mass is 9.87. The molecule has 1 aromatic heterocycles. The Morgan fingerprint density at radius 3 is 2.89 bits per heavy atom. The summed E-state index contributed by atoms with van der Waals surface area (Å²) in [5, 5.41) is 2.93. The van der Waals surface area contributed by atoms with Crippen molar-refractivity contribution in [2.45, 2.75) is 39.0 Å². The smallest absolute Gasteiger partial charge is 0.265 e. The first-order chi connectivity index (χ1) is 13.0. The minimum absolute atomic E-state index is 0.0145. The van der Waals surface area contributed by atoms with E-state index in [1.165, 1.54) is 0 Å². The Morgan fingerprint density at radius 1 is 1.33 bits per heavy atom. The number of benzene rings is 1. The Morgan fingerprint density at radius 2 is 2.15 bits per heavy atom. The Balaban J connectivity index is 1.84. The molecule has 3 heterocycles. The second-order valence-corrected chi connectivity index (χ2v) is 7.13. The molecular formula is C20H22N4O3. The molecule has 1 N–H and O–H groups in total. The maximum Gasteiger partial charge on any atom is 0.265 e. The topological polar surface area (TPSA) is 84.4 Å². The molecule has 2 amide bonds. The molecular weight excluding hydrogens is 344 g/mol. The van der Waals surface area contributed by atoms with Crippen LogP contribution in [-0.2, 0) is 9.59 Å². The zero-order valence-corrected chi connectivity index (χ0v) is 15.7. The zero-order chi connectivity index (χ0) is 19.1. The number of nitrogens with one attached hydrogen (secondary N) is 1. The molecule has 0 bridgehead atoms. The molecule has 1 aromatic carbocycles. The number of hydrogen-bond donors (Lipinski definition) is 1. The molecule has 7 nitrogen and oxygen atoms in total. The van der Waals surface area contributed by atoms with Crippen LogP contribution in [0.3, 0.4) is 0 Å². The van der Waals surface area contributed by atoms with Crippen molar-refractivity contribution >= 4 is 23.2 Å². The first-order valence-electron chi connectivity index (χ1n) is 9.21. The van der Waals surface area contributed by atoms with Gasteiger partial charge in [-0.25, -0.2) is 9.97 Å². The third kappa shape index (κ3) is 3.03. The van der Waals surface area contributed by atoms with E-state index in [-0.39, 0.29) is 30.3 Å². The van der Waals surface area contributed by atoms with Crippen molar-refractivity contribution in [3.63, 3.8) is 0 Å². The maximum atomic E-state index is 12.3. The number of fused-ring (bicyclic) bond motifs is 2. The fourth-order valence-electron chi connectivity index (χ4n) is 3.63. The highest BCUT2D eigenvalue weighted by Crippen LogP contribution is 2.44. The fourth-order valence-corrected chi connectivity index (χ4v) is 3.63. The SMILES string of the molecule is CCN1C(=O)COc2cc3c(cc21)C(c1ccnc(C(C)C)n1)CC(=O)N3. The average molecular weight is 366 g/mol. The van der Waals surface area contributed by atoms with Crippen molar-refractivity contribution < 1.29 is 14.3 Å². The quantitative estimate of drug-likeness (QED) is 0.903. The van der Waals surface area contributed by atoms with Crippen LogP contribution in [0.1, 0.15) is 56.1 Å². The second-order valence-electron chi connectivity index (χ2n) is 7.13. The van der Waals surface area contributed by atoms with Crippen molar-refractivity contribution in [2.75, 3.05) is 23.4 Å². The van der Waals surface area contributed by atoms with Gasteiger partial charge in [0.15, 0.2) is 6.61 Å². The maximum absolute atomic E-state index is 12.3. The lowest BCUT2D eigenvalue weighted by Crippen LogP contribution is -2.39. The standard InChI is InChI=1S/C20H22N4O3/c1-4-24-16-7-12-13(14-5-6-21-20(23-14)11(2)3)8-18(25)22-15(12)9-17(16)27-10-19(24)26/h5-7,9,11,13H,4,8,10H2,1-3H3,(H,22,25). The summed E-state index contributed by atoms with van der Waals surface area (Å²) in [5.74, 6) is 1.26. The molecule has 1 atom stereocenters. The van der Waals surface area contributed by atoms with E-state index < -0.39 is 0 Å². The van der Waals surface area contributed by atoms with Crippen molar-refractivity contribution in [1.82, 2.24) is 9.97 Å². The van der Waals surface area contributed by atoms with Crippen LogP contribution in [0.25, 0.3) is 0 Å². The van der Waals surface area contributed by atoms with Gasteiger partial charge in [0, 0.05) is 42.8 Å². The molecule has 2 aliphatic rings. The molecule has 0 saturated heterocycles. The Kier molecular flexibility index (Phi) is 4.30. The molecule has 0 fully saturated rings. The highest BCUT2D eigenvalue weighted by atomic mass is 16.5. The molecule has 140 valence electrons. The van der Waals surface area contributed by atoms with Gasteiger partial charge in [-0.1, -0.05) is 13.8 Å². The molecule has 7 heteroatoms.